The van der Waals surface area contributed by atoms with Crippen LogP contribution in [0.15, 0.2) is 6.33 Å². The largest absolute Gasteiger partial charge is 0.490 e. The van der Waals surface area contributed by atoms with Gasteiger partial charge in [-0.3, -0.25) is 0 Å². The molecule has 1 atom stereocenters. The van der Waals surface area contributed by atoms with Gasteiger partial charge < -0.3 is 14.4 Å². The lowest BCUT2D eigenvalue weighted by Crippen LogP contribution is -2.31. The number of hydrogen-bond acceptors (Lipinski definition) is 5. The maximum absolute atomic E-state index is 5.99. The van der Waals surface area contributed by atoms with Gasteiger partial charge in [0.2, 0.25) is 0 Å². The zero-order valence-corrected chi connectivity index (χ0v) is 11.5. The average Bonchev–Trinajstić information content (AvgIpc) is 2.39. The van der Waals surface area contributed by atoms with E-state index < -0.39 is 0 Å². The average molecular weight is 272 g/mol. The second-order valence-electron chi connectivity index (χ2n) is 4.49. The zero-order valence-electron chi connectivity index (χ0n) is 10.7. The first-order valence-electron chi connectivity index (χ1n) is 6.05. The van der Waals surface area contributed by atoms with Gasteiger partial charge >= 0.3 is 0 Å². The number of methoxy groups -OCH3 is 1. The van der Waals surface area contributed by atoms with Crippen molar-refractivity contribution in [2.24, 2.45) is 5.92 Å². The van der Waals surface area contributed by atoms with E-state index >= 15 is 0 Å². The normalized spacial score (nSPS) is 19.6. The fourth-order valence-corrected chi connectivity index (χ4v) is 2.42. The molecule has 2 rings (SSSR count). The second kappa shape index (κ2) is 6.20. The molecule has 1 aromatic heterocycles. The molecule has 5 nitrogen and oxygen atoms in total. The lowest BCUT2D eigenvalue weighted by molar-refractivity contribution is 0.0575. The highest BCUT2D eigenvalue weighted by molar-refractivity contribution is 6.31. The Morgan fingerprint density at radius 1 is 1.56 bits per heavy atom. The SMILES string of the molecule is COc1c(Cl)ncnc1N(C)CC1CCCOC1. The van der Waals surface area contributed by atoms with Crippen molar-refractivity contribution in [1.82, 2.24) is 9.97 Å². The fraction of sp³-hybridized carbons (Fsp3) is 0.667. The molecule has 1 saturated heterocycles. The van der Waals surface area contributed by atoms with Gasteiger partial charge in [0, 0.05) is 20.2 Å². The van der Waals surface area contributed by atoms with Crippen molar-refractivity contribution in [2.75, 3.05) is 38.8 Å². The van der Waals surface area contributed by atoms with Crippen molar-refractivity contribution >= 4 is 17.4 Å². The summed E-state index contributed by atoms with van der Waals surface area (Å²) in [4.78, 5) is 10.2. The molecule has 1 aliphatic rings. The summed E-state index contributed by atoms with van der Waals surface area (Å²) in [6.45, 7) is 2.57. The monoisotopic (exact) mass is 271 g/mol. The highest BCUT2D eigenvalue weighted by Crippen LogP contribution is 2.31. The van der Waals surface area contributed by atoms with Crippen LogP contribution in [-0.4, -0.2) is 43.9 Å². The highest BCUT2D eigenvalue weighted by Gasteiger charge is 2.20. The molecular formula is C12H18ClN3O2. The molecule has 100 valence electrons. The molecule has 1 unspecified atom stereocenters. The van der Waals surface area contributed by atoms with Gasteiger partial charge in [-0.1, -0.05) is 11.6 Å². The minimum absolute atomic E-state index is 0.342. The van der Waals surface area contributed by atoms with Crippen LogP contribution in [0.25, 0.3) is 0 Å². The molecular weight excluding hydrogens is 254 g/mol. The Bertz CT molecular complexity index is 397. The van der Waals surface area contributed by atoms with Gasteiger partial charge in [-0.2, -0.15) is 0 Å². The van der Waals surface area contributed by atoms with Gasteiger partial charge in [0.05, 0.1) is 13.7 Å². The summed E-state index contributed by atoms with van der Waals surface area (Å²) >= 11 is 5.99. The number of halogens is 1. The maximum Gasteiger partial charge on any atom is 0.199 e. The van der Waals surface area contributed by atoms with Crippen molar-refractivity contribution in [2.45, 2.75) is 12.8 Å². The molecule has 6 heteroatoms. The molecule has 18 heavy (non-hydrogen) atoms. The molecule has 0 aromatic carbocycles. The lowest BCUT2D eigenvalue weighted by Gasteiger charge is -2.28. The molecule has 0 N–H and O–H groups in total. The molecule has 0 amide bonds. The minimum Gasteiger partial charge on any atom is -0.490 e. The van der Waals surface area contributed by atoms with Gasteiger partial charge in [0.15, 0.2) is 16.7 Å². The number of nitrogens with zero attached hydrogens (tertiary/aromatic N) is 3. The summed E-state index contributed by atoms with van der Waals surface area (Å²) in [5, 5.41) is 0.342. The minimum atomic E-state index is 0.342. The van der Waals surface area contributed by atoms with Crippen LogP contribution in [0.5, 0.6) is 5.75 Å². The van der Waals surface area contributed by atoms with E-state index in [0.29, 0.717) is 16.8 Å². The van der Waals surface area contributed by atoms with Crippen LogP contribution in [-0.2, 0) is 4.74 Å². The van der Waals surface area contributed by atoms with Crippen molar-refractivity contribution in [3.63, 3.8) is 0 Å². The summed E-state index contributed by atoms with van der Waals surface area (Å²) in [6, 6.07) is 0. The molecule has 1 fully saturated rings. The first kappa shape index (κ1) is 13.4. The summed E-state index contributed by atoms with van der Waals surface area (Å²) in [5.74, 6) is 1.78. The Balaban J connectivity index is 2.07. The number of anilines is 1. The second-order valence-corrected chi connectivity index (χ2v) is 4.84. The van der Waals surface area contributed by atoms with Crippen LogP contribution in [0, 0.1) is 5.92 Å². The number of aromatic nitrogens is 2. The van der Waals surface area contributed by atoms with E-state index in [2.05, 4.69) is 9.97 Å². The smallest absolute Gasteiger partial charge is 0.199 e. The highest BCUT2D eigenvalue weighted by atomic mass is 35.5. The third-order valence-electron chi connectivity index (χ3n) is 3.09. The molecule has 0 spiro atoms. The number of hydrogen-bond donors (Lipinski definition) is 0. The Kier molecular flexibility index (Phi) is 4.60. The van der Waals surface area contributed by atoms with Crippen LogP contribution in [0.2, 0.25) is 5.15 Å². The Hall–Kier alpha value is -1.07. The van der Waals surface area contributed by atoms with Crippen molar-refractivity contribution in [3.05, 3.63) is 11.5 Å². The fourth-order valence-electron chi connectivity index (χ4n) is 2.22. The molecule has 1 aliphatic heterocycles. The molecule has 0 radical (unpaired) electrons. The van der Waals surface area contributed by atoms with E-state index in [9.17, 15) is 0 Å². The first-order chi connectivity index (χ1) is 8.72. The Labute approximate surface area is 112 Å². The third kappa shape index (κ3) is 3.03. The van der Waals surface area contributed by atoms with E-state index in [0.717, 1.165) is 32.0 Å². The molecule has 2 heterocycles. The summed E-state index contributed by atoms with van der Waals surface area (Å²) in [6.07, 6.45) is 3.76. The van der Waals surface area contributed by atoms with Crippen LogP contribution in [0.1, 0.15) is 12.8 Å². The zero-order chi connectivity index (χ0) is 13.0. The van der Waals surface area contributed by atoms with Gasteiger partial charge in [-0.05, 0) is 18.8 Å². The molecule has 0 aliphatic carbocycles. The van der Waals surface area contributed by atoms with E-state index in [1.54, 1.807) is 7.11 Å². The van der Waals surface area contributed by atoms with Crippen LogP contribution < -0.4 is 9.64 Å². The van der Waals surface area contributed by atoms with E-state index in [1.165, 1.54) is 12.7 Å². The quantitative estimate of drug-likeness (QED) is 0.784. The van der Waals surface area contributed by atoms with E-state index in [4.69, 9.17) is 21.1 Å². The lowest BCUT2D eigenvalue weighted by atomic mass is 10.0. The molecule has 0 saturated carbocycles. The van der Waals surface area contributed by atoms with Gasteiger partial charge in [0.25, 0.3) is 0 Å². The predicted molar refractivity (Wildman–Crippen MR) is 70.4 cm³/mol. The molecule has 0 bridgehead atoms. The van der Waals surface area contributed by atoms with Gasteiger partial charge in [0.1, 0.15) is 6.33 Å². The first-order valence-corrected chi connectivity index (χ1v) is 6.43. The Morgan fingerprint density at radius 3 is 3.06 bits per heavy atom. The van der Waals surface area contributed by atoms with Crippen LogP contribution in [0.3, 0.4) is 0 Å². The Morgan fingerprint density at radius 2 is 2.39 bits per heavy atom. The molecule has 1 aromatic rings. The van der Waals surface area contributed by atoms with Crippen LogP contribution >= 0.6 is 11.6 Å². The van der Waals surface area contributed by atoms with Crippen molar-refractivity contribution < 1.29 is 9.47 Å². The number of ether oxygens (including phenoxy) is 2. The predicted octanol–water partition coefficient (Wildman–Crippen LogP) is 2.00. The summed E-state index contributed by atoms with van der Waals surface area (Å²) in [5.41, 5.74) is 0. The van der Waals surface area contributed by atoms with E-state index in [-0.39, 0.29) is 0 Å². The standard InChI is InChI=1S/C12H18ClN3O2/c1-16(6-9-4-3-5-18-7-9)12-10(17-2)11(13)14-8-15-12/h8-9H,3-7H2,1-2H3. The van der Waals surface area contributed by atoms with Crippen LogP contribution in [0.4, 0.5) is 5.82 Å². The number of rotatable bonds is 4. The van der Waals surface area contributed by atoms with Crippen molar-refractivity contribution in [1.29, 1.82) is 0 Å². The van der Waals surface area contributed by atoms with E-state index in [1.807, 2.05) is 11.9 Å². The topological polar surface area (TPSA) is 47.5 Å². The summed E-state index contributed by atoms with van der Waals surface area (Å²) in [7, 11) is 3.56. The third-order valence-corrected chi connectivity index (χ3v) is 3.36. The summed E-state index contributed by atoms with van der Waals surface area (Å²) < 4.78 is 10.7. The van der Waals surface area contributed by atoms with Crippen molar-refractivity contribution in [3.8, 4) is 5.75 Å². The maximum atomic E-state index is 5.99. The van der Waals surface area contributed by atoms with Gasteiger partial charge in [-0.25, -0.2) is 9.97 Å². The van der Waals surface area contributed by atoms with Gasteiger partial charge in [-0.15, -0.1) is 0 Å².